The third-order valence-corrected chi connectivity index (χ3v) is 5.53. The fourth-order valence-corrected chi connectivity index (χ4v) is 4.31. The second-order valence-corrected chi connectivity index (χ2v) is 6.81. The third-order valence-electron chi connectivity index (χ3n) is 5.53. The molecule has 1 N–H and O–H groups in total. The van der Waals surface area contributed by atoms with Gasteiger partial charge < -0.3 is 14.6 Å². The van der Waals surface area contributed by atoms with Crippen LogP contribution >= 0.6 is 0 Å². The van der Waals surface area contributed by atoms with Gasteiger partial charge in [-0.15, -0.1) is 0 Å². The van der Waals surface area contributed by atoms with E-state index in [0.717, 1.165) is 19.5 Å². The molecule has 3 aliphatic rings. The van der Waals surface area contributed by atoms with E-state index in [2.05, 4.69) is 11.8 Å². The normalized spacial score (nSPS) is 35.0. The zero-order valence-corrected chi connectivity index (χ0v) is 12.9. The molecule has 0 bridgehead atoms. The topological polar surface area (TPSA) is 59.0 Å². The van der Waals surface area contributed by atoms with Crippen molar-refractivity contribution in [2.24, 2.45) is 5.92 Å². The molecule has 3 atom stereocenters. The molecule has 3 unspecified atom stereocenters. The van der Waals surface area contributed by atoms with Gasteiger partial charge in [-0.2, -0.15) is 0 Å². The largest absolute Gasteiger partial charge is 0.481 e. The first kappa shape index (κ1) is 15.3. The van der Waals surface area contributed by atoms with Crippen LogP contribution in [0, 0.1) is 5.92 Å². The molecule has 0 aromatic carbocycles. The molecule has 2 heterocycles. The number of aliphatic carboxylic acids is 1. The predicted molar refractivity (Wildman–Crippen MR) is 78.3 cm³/mol. The highest BCUT2D eigenvalue weighted by molar-refractivity contribution is 5.71. The van der Waals surface area contributed by atoms with Crippen LogP contribution in [0.2, 0.25) is 0 Å². The Morgan fingerprint density at radius 1 is 1.29 bits per heavy atom. The minimum atomic E-state index is -0.740. The Balaban J connectivity index is 1.59. The van der Waals surface area contributed by atoms with Crippen LogP contribution in [-0.2, 0) is 14.3 Å². The lowest BCUT2D eigenvalue weighted by molar-refractivity contribution is -0.143. The summed E-state index contributed by atoms with van der Waals surface area (Å²) in [4.78, 5) is 13.6. The molecule has 120 valence electrons. The van der Waals surface area contributed by atoms with Gasteiger partial charge in [-0.1, -0.05) is 19.8 Å². The Labute approximate surface area is 126 Å². The minimum Gasteiger partial charge on any atom is -0.481 e. The SMILES string of the molecule is CCN(CC1CCC2(CCCC2)O1)C1COCC1C(=O)O. The molecule has 1 saturated carbocycles. The van der Waals surface area contributed by atoms with Crippen LogP contribution < -0.4 is 0 Å². The van der Waals surface area contributed by atoms with Crippen molar-refractivity contribution in [3.63, 3.8) is 0 Å². The lowest BCUT2D eigenvalue weighted by Crippen LogP contribution is -2.46. The van der Waals surface area contributed by atoms with Gasteiger partial charge in [-0.25, -0.2) is 0 Å². The Morgan fingerprint density at radius 2 is 2.05 bits per heavy atom. The summed E-state index contributed by atoms with van der Waals surface area (Å²) < 4.78 is 11.8. The number of ether oxygens (including phenoxy) is 2. The van der Waals surface area contributed by atoms with E-state index >= 15 is 0 Å². The van der Waals surface area contributed by atoms with E-state index in [-0.39, 0.29) is 17.7 Å². The molecular weight excluding hydrogens is 270 g/mol. The van der Waals surface area contributed by atoms with E-state index < -0.39 is 11.9 Å². The number of hydrogen-bond acceptors (Lipinski definition) is 4. The van der Waals surface area contributed by atoms with Crippen LogP contribution in [0.15, 0.2) is 0 Å². The number of likely N-dealkylation sites (N-methyl/N-ethyl adjacent to an activating group) is 1. The lowest BCUT2D eigenvalue weighted by atomic mass is 9.98. The summed E-state index contributed by atoms with van der Waals surface area (Å²) in [5, 5.41) is 9.32. The second-order valence-electron chi connectivity index (χ2n) is 6.81. The smallest absolute Gasteiger partial charge is 0.310 e. The summed E-state index contributed by atoms with van der Waals surface area (Å²) in [6, 6.07) is -0.00349. The van der Waals surface area contributed by atoms with Crippen molar-refractivity contribution in [1.29, 1.82) is 0 Å². The Kier molecular flexibility index (Phi) is 4.52. The van der Waals surface area contributed by atoms with Crippen LogP contribution in [-0.4, -0.2) is 60.0 Å². The number of carbonyl (C=O) groups is 1. The zero-order chi connectivity index (χ0) is 14.9. The molecule has 1 aliphatic carbocycles. The Bertz CT molecular complexity index is 380. The first-order valence-electron chi connectivity index (χ1n) is 8.36. The molecule has 21 heavy (non-hydrogen) atoms. The number of carboxylic acids is 1. The molecule has 3 fully saturated rings. The molecule has 0 radical (unpaired) electrons. The molecule has 5 nitrogen and oxygen atoms in total. The summed E-state index contributed by atoms with van der Waals surface area (Å²) in [5.41, 5.74) is 0.155. The second kappa shape index (κ2) is 6.23. The Morgan fingerprint density at radius 3 is 2.71 bits per heavy atom. The molecular formula is C16H27NO4. The number of hydrogen-bond donors (Lipinski definition) is 1. The molecule has 2 aliphatic heterocycles. The van der Waals surface area contributed by atoms with Crippen LogP contribution in [0.4, 0.5) is 0 Å². The predicted octanol–water partition coefficient (Wildman–Crippen LogP) is 1.90. The molecule has 0 aromatic heterocycles. The van der Waals surface area contributed by atoms with Gasteiger partial charge >= 0.3 is 5.97 Å². The van der Waals surface area contributed by atoms with Gasteiger partial charge in [0.1, 0.15) is 0 Å². The summed E-state index contributed by atoms with van der Waals surface area (Å²) >= 11 is 0. The standard InChI is InChI=1S/C16H27NO4/c1-2-17(14-11-20-10-13(14)15(18)19)9-12-5-8-16(21-12)6-3-4-7-16/h12-14H,2-11H2,1H3,(H,18,19). The first-order chi connectivity index (χ1) is 10.1. The highest BCUT2D eigenvalue weighted by atomic mass is 16.5. The van der Waals surface area contributed by atoms with Crippen molar-refractivity contribution in [2.45, 2.75) is 63.2 Å². The summed E-state index contributed by atoms with van der Waals surface area (Å²) in [7, 11) is 0. The maximum Gasteiger partial charge on any atom is 0.310 e. The maximum atomic E-state index is 11.3. The molecule has 5 heteroatoms. The highest BCUT2D eigenvalue weighted by Crippen LogP contribution is 2.43. The van der Waals surface area contributed by atoms with Crippen molar-refractivity contribution in [3.8, 4) is 0 Å². The highest BCUT2D eigenvalue weighted by Gasteiger charge is 2.44. The van der Waals surface area contributed by atoms with Crippen LogP contribution in [0.5, 0.6) is 0 Å². The van der Waals surface area contributed by atoms with E-state index in [9.17, 15) is 9.90 Å². The van der Waals surface area contributed by atoms with Crippen molar-refractivity contribution in [2.75, 3.05) is 26.3 Å². The molecule has 0 amide bonds. The quantitative estimate of drug-likeness (QED) is 0.840. The minimum absolute atomic E-state index is 0.00349. The van der Waals surface area contributed by atoms with Crippen molar-refractivity contribution < 1.29 is 19.4 Å². The van der Waals surface area contributed by atoms with Gasteiger partial charge in [0.05, 0.1) is 30.8 Å². The summed E-state index contributed by atoms with van der Waals surface area (Å²) in [6.07, 6.45) is 7.56. The van der Waals surface area contributed by atoms with Crippen LogP contribution in [0.25, 0.3) is 0 Å². The van der Waals surface area contributed by atoms with Crippen molar-refractivity contribution >= 4 is 5.97 Å². The van der Waals surface area contributed by atoms with Crippen molar-refractivity contribution in [3.05, 3.63) is 0 Å². The number of rotatable bonds is 5. The fourth-order valence-electron chi connectivity index (χ4n) is 4.31. The van der Waals surface area contributed by atoms with Gasteiger partial charge in [0.15, 0.2) is 0 Å². The summed E-state index contributed by atoms with van der Waals surface area (Å²) in [6.45, 7) is 4.66. The van der Waals surface area contributed by atoms with E-state index in [4.69, 9.17) is 9.47 Å². The zero-order valence-electron chi connectivity index (χ0n) is 12.9. The van der Waals surface area contributed by atoms with Gasteiger partial charge in [0, 0.05) is 12.6 Å². The van der Waals surface area contributed by atoms with Crippen LogP contribution in [0.3, 0.4) is 0 Å². The Hall–Kier alpha value is -0.650. The third kappa shape index (κ3) is 3.10. The maximum absolute atomic E-state index is 11.3. The molecule has 2 saturated heterocycles. The van der Waals surface area contributed by atoms with E-state index in [1.165, 1.54) is 32.1 Å². The van der Waals surface area contributed by atoms with E-state index in [1.807, 2.05) is 0 Å². The summed E-state index contributed by atoms with van der Waals surface area (Å²) in [5.74, 6) is -1.14. The average Bonchev–Trinajstić information content (AvgIpc) is 3.18. The monoisotopic (exact) mass is 297 g/mol. The number of carboxylic acid groups (broad SMARTS) is 1. The average molecular weight is 297 g/mol. The van der Waals surface area contributed by atoms with Gasteiger partial charge in [-0.05, 0) is 32.2 Å². The van der Waals surface area contributed by atoms with Gasteiger partial charge in [0.25, 0.3) is 0 Å². The fraction of sp³-hybridized carbons (Fsp3) is 0.938. The van der Waals surface area contributed by atoms with Crippen LogP contribution in [0.1, 0.15) is 45.4 Å². The van der Waals surface area contributed by atoms with E-state index in [0.29, 0.717) is 13.2 Å². The molecule has 3 rings (SSSR count). The van der Waals surface area contributed by atoms with Gasteiger partial charge in [-0.3, -0.25) is 9.69 Å². The van der Waals surface area contributed by atoms with Crippen molar-refractivity contribution in [1.82, 2.24) is 4.90 Å². The molecule has 0 aromatic rings. The number of nitrogens with zero attached hydrogens (tertiary/aromatic N) is 1. The molecule has 1 spiro atoms. The first-order valence-corrected chi connectivity index (χ1v) is 8.36. The van der Waals surface area contributed by atoms with Gasteiger partial charge in [0.2, 0.25) is 0 Å². The lowest BCUT2D eigenvalue weighted by Gasteiger charge is -2.32. The van der Waals surface area contributed by atoms with E-state index in [1.54, 1.807) is 0 Å².